The van der Waals surface area contributed by atoms with Gasteiger partial charge in [-0.1, -0.05) is 37.6 Å². The maximum Gasteiger partial charge on any atom is 0.0406 e. The fraction of sp³-hybridized carbons (Fsp3) is 0.625. The Morgan fingerprint density at radius 1 is 1.32 bits per heavy atom. The van der Waals surface area contributed by atoms with E-state index in [2.05, 4.69) is 36.2 Å². The second kappa shape index (κ2) is 7.28. The molecule has 19 heavy (non-hydrogen) atoms. The van der Waals surface area contributed by atoms with E-state index in [9.17, 15) is 0 Å². The van der Waals surface area contributed by atoms with Crippen LogP contribution in [0.25, 0.3) is 0 Å². The molecular formula is C16H25ClN2. The molecule has 1 atom stereocenters. The van der Waals surface area contributed by atoms with Gasteiger partial charge in [0, 0.05) is 24.2 Å². The highest BCUT2D eigenvalue weighted by Gasteiger charge is 2.21. The summed E-state index contributed by atoms with van der Waals surface area (Å²) in [5.74, 6) is 0.826. The first-order valence-corrected chi connectivity index (χ1v) is 7.71. The van der Waals surface area contributed by atoms with Crippen molar-refractivity contribution in [2.45, 2.75) is 32.7 Å². The number of hydrogen-bond donors (Lipinski definition) is 1. The van der Waals surface area contributed by atoms with Gasteiger partial charge in [-0.25, -0.2) is 0 Å². The quantitative estimate of drug-likeness (QED) is 0.861. The average molecular weight is 281 g/mol. The second-order valence-corrected chi connectivity index (χ2v) is 6.33. The molecule has 106 valence electrons. The Hall–Kier alpha value is -0.570. The van der Waals surface area contributed by atoms with Gasteiger partial charge in [0.15, 0.2) is 0 Å². The summed E-state index contributed by atoms with van der Waals surface area (Å²) in [6.45, 7) is 9.25. The smallest absolute Gasteiger partial charge is 0.0406 e. The minimum Gasteiger partial charge on any atom is -0.314 e. The number of nitrogens with zero attached hydrogens (tertiary/aromatic N) is 1. The Morgan fingerprint density at radius 3 is 2.74 bits per heavy atom. The number of rotatable bonds is 6. The molecular weight excluding hydrogens is 256 g/mol. The third-order valence-corrected chi connectivity index (χ3v) is 4.07. The zero-order valence-corrected chi connectivity index (χ0v) is 12.8. The van der Waals surface area contributed by atoms with E-state index >= 15 is 0 Å². The van der Waals surface area contributed by atoms with Gasteiger partial charge in [-0.15, -0.1) is 0 Å². The number of halogens is 1. The van der Waals surface area contributed by atoms with Crippen molar-refractivity contribution in [1.29, 1.82) is 0 Å². The lowest BCUT2D eigenvalue weighted by Gasteiger charge is -2.17. The van der Waals surface area contributed by atoms with E-state index in [1.807, 2.05) is 12.1 Å². The maximum absolute atomic E-state index is 5.90. The number of nitrogens with one attached hydrogen (secondary N) is 1. The van der Waals surface area contributed by atoms with E-state index in [4.69, 9.17) is 11.6 Å². The Morgan fingerprint density at radius 2 is 2.05 bits per heavy atom. The summed E-state index contributed by atoms with van der Waals surface area (Å²) in [7, 11) is 0. The van der Waals surface area contributed by atoms with Gasteiger partial charge < -0.3 is 10.2 Å². The summed E-state index contributed by atoms with van der Waals surface area (Å²) in [4.78, 5) is 2.58. The Balaban J connectivity index is 1.69. The number of likely N-dealkylation sites (tertiary alicyclic amines) is 1. The van der Waals surface area contributed by atoms with E-state index in [0.29, 0.717) is 6.04 Å². The van der Waals surface area contributed by atoms with Crippen molar-refractivity contribution < 1.29 is 0 Å². The first-order valence-electron chi connectivity index (χ1n) is 7.33. The van der Waals surface area contributed by atoms with Gasteiger partial charge in [0.1, 0.15) is 0 Å². The highest BCUT2D eigenvalue weighted by Crippen LogP contribution is 2.16. The Kier molecular flexibility index (Phi) is 5.68. The standard InChI is InChI=1S/C16H25ClN2/c1-13(2)18-11-15-8-10-19(12-15)9-7-14-3-5-16(17)6-4-14/h3-6,13,15,18H,7-12H2,1-2H3. The Labute approximate surface area is 122 Å². The first-order chi connectivity index (χ1) is 9.13. The summed E-state index contributed by atoms with van der Waals surface area (Å²) in [6.07, 6.45) is 2.46. The topological polar surface area (TPSA) is 15.3 Å². The van der Waals surface area contributed by atoms with E-state index in [1.54, 1.807) is 0 Å². The molecule has 1 saturated heterocycles. The van der Waals surface area contributed by atoms with Crippen molar-refractivity contribution in [2.24, 2.45) is 5.92 Å². The van der Waals surface area contributed by atoms with Crippen molar-refractivity contribution in [3.05, 3.63) is 34.9 Å². The van der Waals surface area contributed by atoms with E-state index in [0.717, 1.165) is 23.9 Å². The van der Waals surface area contributed by atoms with Crippen LogP contribution in [0.15, 0.2) is 24.3 Å². The lowest BCUT2D eigenvalue weighted by Crippen LogP contribution is -2.31. The zero-order chi connectivity index (χ0) is 13.7. The summed E-state index contributed by atoms with van der Waals surface area (Å²) < 4.78 is 0. The van der Waals surface area contributed by atoms with E-state index in [1.165, 1.54) is 31.6 Å². The van der Waals surface area contributed by atoms with Crippen molar-refractivity contribution in [3.63, 3.8) is 0 Å². The highest BCUT2D eigenvalue weighted by atomic mass is 35.5. The zero-order valence-electron chi connectivity index (χ0n) is 12.0. The second-order valence-electron chi connectivity index (χ2n) is 5.89. The average Bonchev–Trinajstić information content (AvgIpc) is 2.84. The van der Waals surface area contributed by atoms with Crippen molar-refractivity contribution >= 4 is 11.6 Å². The summed E-state index contributed by atoms with van der Waals surface area (Å²) >= 11 is 5.90. The third kappa shape index (κ3) is 5.13. The molecule has 1 unspecified atom stereocenters. The fourth-order valence-electron chi connectivity index (χ4n) is 2.62. The molecule has 2 rings (SSSR count). The van der Waals surface area contributed by atoms with Gasteiger partial charge in [-0.2, -0.15) is 0 Å². The van der Waals surface area contributed by atoms with Crippen LogP contribution in [-0.2, 0) is 6.42 Å². The molecule has 0 bridgehead atoms. The number of hydrogen-bond acceptors (Lipinski definition) is 2. The predicted molar refractivity (Wildman–Crippen MR) is 82.8 cm³/mol. The van der Waals surface area contributed by atoms with Crippen LogP contribution in [0.3, 0.4) is 0 Å². The molecule has 0 radical (unpaired) electrons. The van der Waals surface area contributed by atoms with Crippen LogP contribution in [0.2, 0.25) is 5.02 Å². The third-order valence-electron chi connectivity index (χ3n) is 3.81. The lowest BCUT2D eigenvalue weighted by atomic mass is 10.1. The summed E-state index contributed by atoms with van der Waals surface area (Å²) in [6, 6.07) is 8.84. The van der Waals surface area contributed by atoms with E-state index < -0.39 is 0 Å². The fourth-order valence-corrected chi connectivity index (χ4v) is 2.75. The van der Waals surface area contributed by atoms with Crippen LogP contribution >= 0.6 is 11.6 Å². The van der Waals surface area contributed by atoms with Crippen LogP contribution in [0.4, 0.5) is 0 Å². The van der Waals surface area contributed by atoms with Gasteiger partial charge in [0.25, 0.3) is 0 Å². The predicted octanol–water partition coefficient (Wildman–Crippen LogP) is 3.20. The van der Waals surface area contributed by atoms with Gasteiger partial charge in [0.05, 0.1) is 0 Å². The summed E-state index contributed by atoms with van der Waals surface area (Å²) in [5, 5.41) is 4.37. The van der Waals surface area contributed by atoms with Crippen molar-refractivity contribution in [2.75, 3.05) is 26.2 Å². The van der Waals surface area contributed by atoms with Crippen LogP contribution < -0.4 is 5.32 Å². The molecule has 1 aromatic carbocycles. The van der Waals surface area contributed by atoms with Crippen LogP contribution in [0.1, 0.15) is 25.8 Å². The molecule has 0 saturated carbocycles. The molecule has 1 aromatic rings. The lowest BCUT2D eigenvalue weighted by molar-refractivity contribution is 0.324. The summed E-state index contributed by atoms with van der Waals surface area (Å²) in [5.41, 5.74) is 1.38. The molecule has 3 heteroatoms. The van der Waals surface area contributed by atoms with Gasteiger partial charge in [-0.05, 0) is 49.5 Å². The molecule has 1 aliphatic heterocycles. The molecule has 1 fully saturated rings. The highest BCUT2D eigenvalue weighted by molar-refractivity contribution is 6.30. The molecule has 1 heterocycles. The van der Waals surface area contributed by atoms with E-state index in [-0.39, 0.29) is 0 Å². The van der Waals surface area contributed by atoms with Gasteiger partial charge >= 0.3 is 0 Å². The maximum atomic E-state index is 5.90. The SMILES string of the molecule is CC(C)NCC1CCN(CCc2ccc(Cl)cc2)C1. The Bertz CT molecular complexity index is 375. The van der Waals surface area contributed by atoms with Crippen LogP contribution in [0.5, 0.6) is 0 Å². The van der Waals surface area contributed by atoms with Crippen molar-refractivity contribution in [3.8, 4) is 0 Å². The minimum atomic E-state index is 0.600. The van der Waals surface area contributed by atoms with Crippen LogP contribution in [0, 0.1) is 5.92 Å². The monoisotopic (exact) mass is 280 g/mol. The van der Waals surface area contributed by atoms with Crippen LogP contribution in [-0.4, -0.2) is 37.1 Å². The molecule has 0 aliphatic carbocycles. The molecule has 1 N–H and O–H groups in total. The largest absolute Gasteiger partial charge is 0.314 e. The minimum absolute atomic E-state index is 0.600. The molecule has 2 nitrogen and oxygen atoms in total. The molecule has 0 amide bonds. The first kappa shape index (κ1) is 14.8. The number of benzene rings is 1. The van der Waals surface area contributed by atoms with Gasteiger partial charge in [0.2, 0.25) is 0 Å². The molecule has 0 aromatic heterocycles. The molecule has 1 aliphatic rings. The van der Waals surface area contributed by atoms with Gasteiger partial charge in [-0.3, -0.25) is 0 Å². The molecule has 0 spiro atoms. The van der Waals surface area contributed by atoms with Crippen molar-refractivity contribution in [1.82, 2.24) is 10.2 Å². The normalized spacial score (nSPS) is 20.3.